The van der Waals surface area contributed by atoms with E-state index in [4.69, 9.17) is 21.2 Å². The fraction of sp³-hybridized carbons (Fsp3) is 0.381. The number of fused-ring (bicyclic) bond motifs is 1. The number of hydrogen-bond acceptors (Lipinski definition) is 11. The number of ether oxygens (including phenoxy) is 1. The molecule has 1 saturated heterocycles. The van der Waals surface area contributed by atoms with Crippen LogP contribution in [0.2, 0.25) is 0 Å². The summed E-state index contributed by atoms with van der Waals surface area (Å²) in [4.78, 5) is 70.6. The Morgan fingerprint density at radius 2 is 2.11 bits per heavy atom. The maximum atomic E-state index is 13.1. The SMILES string of the molecule is CC(C)(C)OC(=O)CON=C(C(=O)NC1C(=O)N2C(C(=O)O)=C(C=CCl)CS[C@@H]12)c1csc(NC=O)n1. The van der Waals surface area contributed by atoms with Gasteiger partial charge in [-0.15, -0.1) is 23.1 Å². The molecule has 0 spiro atoms. The molecular weight excluding hydrogens is 550 g/mol. The van der Waals surface area contributed by atoms with Crippen molar-refractivity contribution in [3.05, 3.63) is 34.0 Å². The van der Waals surface area contributed by atoms with E-state index in [1.807, 2.05) is 0 Å². The van der Waals surface area contributed by atoms with Crippen LogP contribution in [0.15, 0.2) is 33.4 Å². The second-order valence-corrected chi connectivity index (χ2v) is 10.6. The Kier molecular flexibility index (Phi) is 8.94. The number of amides is 3. The summed E-state index contributed by atoms with van der Waals surface area (Å²) in [5.74, 6) is -3.28. The molecule has 0 aromatic carbocycles. The first-order valence-electron chi connectivity index (χ1n) is 10.5. The van der Waals surface area contributed by atoms with Crippen molar-refractivity contribution in [2.75, 3.05) is 17.7 Å². The van der Waals surface area contributed by atoms with Crippen LogP contribution in [-0.4, -0.2) is 80.2 Å². The molecule has 13 nitrogen and oxygen atoms in total. The normalized spacial score (nSPS) is 19.7. The third-order valence-electron chi connectivity index (χ3n) is 4.65. The van der Waals surface area contributed by atoms with Gasteiger partial charge in [-0.2, -0.15) is 0 Å². The first-order valence-corrected chi connectivity index (χ1v) is 12.9. The number of carboxylic acid groups (broad SMARTS) is 1. The van der Waals surface area contributed by atoms with Crippen molar-refractivity contribution in [1.29, 1.82) is 0 Å². The topological polar surface area (TPSA) is 177 Å². The second-order valence-electron chi connectivity index (χ2n) is 8.43. The molecule has 3 rings (SSSR count). The molecule has 0 saturated carbocycles. The van der Waals surface area contributed by atoms with Crippen LogP contribution in [-0.2, 0) is 33.5 Å². The number of anilines is 1. The molecule has 1 fully saturated rings. The van der Waals surface area contributed by atoms with Gasteiger partial charge in [0.25, 0.3) is 11.8 Å². The monoisotopic (exact) mass is 571 g/mol. The third kappa shape index (κ3) is 6.67. The fourth-order valence-electron chi connectivity index (χ4n) is 3.28. The van der Waals surface area contributed by atoms with E-state index in [0.717, 1.165) is 21.8 Å². The highest BCUT2D eigenvalue weighted by atomic mass is 35.5. The van der Waals surface area contributed by atoms with Gasteiger partial charge >= 0.3 is 11.9 Å². The molecule has 0 bridgehead atoms. The van der Waals surface area contributed by atoms with Crippen molar-refractivity contribution in [2.24, 2.45) is 5.16 Å². The lowest BCUT2D eigenvalue weighted by molar-refractivity contribution is -0.160. The first kappa shape index (κ1) is 28.1. The second kappa shape index (κ2) is 11.7. The molecular formula is C21H22ClN5O8S2. The standard InChI is InChI=1S/C21H22ClN5O8S2/c1-21(2,3)35-12(29)6-34-26-13(11-8-37-20(24-11)23-9-28)16(30)25-14-17(31)27-15(19(32)33)10(4-5-22)7-36-18(14)27/h4-5,8-9,14,18H,6-7H2,1-3H3,(H,25,30)(H,32,33)(H,23,24,28)/t14?,18-/m0/s1. The molecule has 2 atom stereocenters. The Morgan fingerprint density at radius 1 is 1.38 bits per heavy atom. The maximum Gasteiger partial charge on any atom is 0.352 e. The van der Waals surface area contributed by atoms with Gasteiger partial charge in [0.05, 0.1) is 0 Å². The zero-order valence-electron chi connectivity index (χ0n) is 19.7. The van der Waals surface area contributed by atoms with Crippen LogP contribution in [0.1, 0.15) is 26.5 Å². The number of allylic oxidation sites excluding steroid dienone is 1. The lowest BCUT2D eigenvalue weighted by Crippen LogP contribution is -2.71. The Labute approximate surface area is 223 Å². The van der Waals surface area contributed by atoms with Gasteiger partial charge in [0.15, 0.2) is 10.8 Å². The molecule has 3 amide bonds. The zero-order chi connectivity index (χ0) is 27.3. The number of carbonyl (C=O) groups excluding carboxylic acids is 4. The highest BCUT2D eigenvalue weighted by Crippen LogP contribution is 2.40. The van der Waals surface area contributed by atoms with Gasteiger partial charge in [-0.1, -0.05) is 16.8 Å². The Balaban J connectivity index is 1.79. The average Bonchev–Trinajstić information content (AvgIpc) is 3.27. The van der Waals surface area contributed by atoms with E-state index in [1.54, 1.807) is 20.8 Å². The molecule has 16 heteroatoms. The summed E-state index contributed by atoms with van der Waals surface area (Å²) in [6.07, 6.45) is 1.80. The number of thioether (sulfide) groups is 1. The average molecular weight is 572 g/mol. The van der Waals surface area contributed by atoms with Crippen LogP contribution in [0.25, 0.3) is 0 Å². The third-order valence-corrected chi connectivity index (χ3v) is 6.86. The number of rotatable bonds is 10. The quantitative estimate of drug-likeness (QED) is 0.122. The number of nitrogens with zero attached hydrogens (tertiary/aromatic N) is 3. The molecule has 0 radical (unpaired) electrons. The molecule has 1 aromatic heterocycles. The number of carboxylic acids is 1. The summed E-state index contributed by atoms with van der Waals surface area (Å²) in [5, 5.41) is 19.1. The van der Waals surface area contributed by atoms with Crippen molar-refractivity contribution < 1.29 is 38.7 Å². The summed E-state index contributed by atoms with van der Waals surface area (Å²) >= 11 is 7.84. The number of β-lactam (4-membered cyclic amide) rings is 1. The van der Waals surface area contributed by atoms with Gasteiger partial charge in [-0.25, -0.2) is 14.6 Å². The Morgan fingerprint density at radius 3 is 2.73 bits per heavy atom. The van der Waals surface area contributed by atoms with Crippen molar-refractivity contribution in [1.82, 2.24) is 15.2 Å². The van der Waals surface area contributed by atoms with E-state index in [0.29, 0.717) is 12.0 Å². The van der Waals surface area contributed by atoms with Crippen molar-refractivity contribution in [3.63, 3.8) is 0 Å². The molecule has 1 aromatic rings. The predicted molar refractivity (Wildman–Crippen MR) is 135 cm³/mol. The molecule has 37 heavy (non-hydrogen) atoms. The van der Waals surface area contributed by atoms with Crippen LogP contribution in [0.4, 0.5) is 5.13 Å². The van der Waals surface area contributed by atoms with Crippen molar-refractivity contribution >= 4 is 75.7 Å². The van der Waals surface area contributed by atoms with E-state index >= 15 is 0 Å². The van der Waals surface area contributed by atoms with Gasteiger partial charge in [0.2, 0.25) is 13.0 Å². The summed E-state index contributed by atoms with van der Waals surface area (Å²) in [5.41, 5.74) is 0.185. The molecule has 198 valence electrons. The van der Waals surface area contributed by atoms with E-state index in [1.165, 1.54) is 23.2 Å². The van der Waals surface area contributed by atoms with Gasteiger partial charge < -0.3 is 25.3 Å². The van der Waals surface area contributed by atoms with Crippen molar-refractivity contribution in [3.8, 4) is 0 Å². The molecule has 0 aliphatic carbocycles. The predicted octanol–water partition coefficient (Wildman–Crippen LogP) is 1.26. The molecule has 1 unspecified atom stereocenters. The lowest BCUT2D eigenvalue weighted by Gasteiger charge is -2.49. The number of aliphatic carboxylic acids is 1. The number of thiazole rings is 1. The Bertz CT molecular complexity index is 1210. The minimum atomic E-state index is -1.30. The van der Waals surface area contributed by atoms with Crippen LogP contribution < -0.4 is 10.6 Å². The smallest absolute Gasteiger partial charge is 0.352 e. The largest absolute Gasteiger partial charge is 0.477 e. The van der Waals surface area contributed by atoms with Gasteiger partial charge in [0.1, 0.15) is 28.4 Å². The van der Waals surface area contributed by atoms with Gasteiger partial charge in [-0.3, -0.25) is 19.3 Å². The number of oxime groups is 1. The first-order chi connectivity index (χ1) is 17.5. The molecule has 2 aliphatic heterocycles. The number of esters is 1. The summed E-state index contributed by atoms with van der Waals surface area (Å²) in [6, 6.07) is -1.06. The summed E-state index contributed by atoms with van der Waals surface area (Å²) in [7, 11) is 0. The van der Waals surface area contributed by atoms with Crippen LogP contribution in [0.5, 0.6) is 0 Å². The minimum absolute atomic E-state index is 0.0108. The fourth-order valence-corrected chi connectivity index (χ4v) is 5.41. The summed E-state index contributed by atoms with van der Waals surface area (Å²) in [6.45, 7) is 4.42. The number of nitrogens with one attached hydrogen (secondary N) is 2. The van der Waals surface area contributed by atoms with Crippen LogP contribution >= 0.6 is 34.7 Å². The van der Waals surface area contributed by atoms with E-state index in [-0.39, 0.29) is 28.0 Å². The molecule has 3 N–H and O–H groups in total. The van der Waals surface area contributed by atoms with Crippen LogP contribution in [0, 0.1) is 0 Å². The molecule has 2 aliphatic rings. The van der Waals surface area contributed by atoms with Crippen LogP contribution in [0.3, 0.4) is 0 Å². The molecule has 3 heterocycles. The number of carbonyl (C=O) groups is 5. The lowest BCUT2D eigenvalue weighted by atomic mass is 10.0. The van der Waals surface area contributed by atoms with E-state index in [2.05, 4.69) is 20.8 Å². The summed E-state index contributed by atoms with van der Waals surface area (Å²) < 4.78 is 5.13. The van der Waals surface area contributed by atoms with E-state index < -0.39 is 47.4 Å². The Hall–Kier alpha value is -3.43. The number of hydrogen-bond donors (Lipinski definition) is 3. The minimum Gasteiger partial charge on any atom is -0.477 e. The maximum absolute atomic E-state index is 13.1. The number of halogens is 1. The van der Waals surface area contributed by atoms with Crippen molar-refractivity contribution in [2.45, 2.75) is 37.8 Å². The zero-order valence-corrected chi connectivity index (χ0v) is 22.1. The highest BCUT2D eigenvalue weighted by molar-refractivity contribution is 8.00. The van der Waals surface area contributed by atoms with Gasteiger partial charge in [0, 0.05) is 16.7 Å². The highest BCUT2D eigenvalue weighted by Gasteiger charge is 2.54. The van der Waals surface area contributed by atoms with E-state index in [9.17, 15) is 29.1 Å². The van der Waals surface area contributed by atoms with Gasteiger partial charge in [-0.05, 0) is 32.4 Å². The number of aromatic nitrogens is 1.